The van der Waals surface area contributed by atoms with Crippen molar-refractivity contribution in [3.8, 4) is 5.75 Å². The second kappa shape index (κ2) is 8.57. The fourth-order valence-corrected chi connectivity index (χ4v) is 3.11. The van der Waals surface area contributed by atoms with Crippen molar-refractivity contribution in [3.63, 3.8) is 0 Å². The lowest BCUT2D eigenvalue weighted by atomic mass is 10.0. The fraction of sp³-hybridized carbons (Fsp3) is 0.353. The van der Waals surface area contributed by atoms with Gasteiger partial charge in [0.15, 0.2) is 6.61 Å². The Bertz CT molecular complexity index is 734. The Morgan fingerprint density at radius 1 is 1.40 bits per heavy atom. The van der Waals surface area contributed by atoms with Gasteiger partial charge in [0, 0.05) is 17.0 Å². The van der Waals surface area contributed by atoms with Gasteiger partial charge in [0.1, 0.15) is 5.75 Å². The maximum absolute atomic E-state index is 13.5. The van der Waals surface area contributed by atoms with Crippen molar-refractivity contribution in [2.45, 2.75) is 26.3 Å². The van der Waals surface area contributed by atoms with E-state index >= 15 is 0 Å². The molecule has 0 spiro atoms. The Balaban J connectivity index is 1.95. The molecular formula is C17H19FN2O4S. The van der Waals surface area contributed by atoms with Gasteiger partial charge in [-0.3, -0.25) is 14.9 Å². The Hall–Kier alpha value is -2.48. The van der Waals surface area contributed by atoms with E-state index in [1.54, 1.807) is 11.3 Å². The number of rotatable bonds is 8. The van der Waals surface area contributed by atoms with Crippen molar-refractivity contribution in [1.82, 2.24) is 5.32 Å². The number of ether oxygens (including phenoxy) is 1. The molecule has 0 aliphatic rings. The van der Waals surface area contributed by atoms with Crippen LogP contribution in [0.25, 0.3) is 0 Å². The van der Waals surface area contributed by atoms with Crippen LogP contribution in [-0.4, -0.2) is 17.4 Å². The summed E-state index contributed by atoms with van der Waals surface area (Å²) >= 11 is 1.57. The van der Waals surface area contributed by atoms with Gasteiger partial charge in [0.25, 0.3) is 5.91 Å². The van der Waals surface area contributed by atoms with Gasteiger partial charge in [-0.25, -0.2) is 0 Å². The minimum Gasteiger partial charge on any atom is -0.484 e. The summed E-state index contributed by atoms with van der Waals surface area (Å²) in [5, 5.41) is 15.4. The molecule has 8 heteroatoms. The van der Waals surface area contributed by atoms with Gasteiger partial charge in [0.2, 0.25) is 5.82 Å². The summed E-state index contributed by atoms with van der Waals surface area (Å²) in [6.45, 7) is 3.85. The molecule has 1 amide bonds. The van der Waals surface area contributed by atoms with Gasteiger partial charge >= 0.3 is 5.69 Å². The molecule has 1 aromatic heterocycles. The van der Waals surface area contributed by atoms with Crippen molar-refractivity contribution in [3.05, 3.63) is 56.5 Å². The number of thiophene rings is 1. The minimum absolute atomic E-state index is 0.0646. The van der Waals surface area contributed by atoms with Gasteiger partial charge in [-0.15, -0.1) is 11.3 Å². The van der Waals surface area contributed by atoms with E-state index in [9.17, 15) is 19.3 Å². The molecule has 2 aromatic rings. The molecule has 1 unspecified atom stereocenters. The molecule has 1 heterocycles. The van der Waals surface area contributed by atoms with Crippen LogP contribution in [0.1, 0.15) is 31.2 Å². The lowest BCUT2D eigenvalue weighted by Gasteiger charge is -2.19. The van der Waals surface area contributed by atoms with Crippen LogP contribution >= 0.6 is 11.3 Å². The van der Waals surface area contributed by atoms with Gasteiger partial charge in [-0.1, -0.05) is 19.9 Å². The Kier molecular flexibility index (Phi) is 6.46. The van der Waals surface area contributed by atoms with Crippen LogP contribution in [0, 0.1) is 21.8 Å². The monoisotopic (exact) mass is 366 g/mol. The number of amides is 1. The van der Waals surface area contributed by atoms with E-state index in [0.717, 1.165) is 23.4 Å². The Labute approximate surface area is 148 Å². The normalized spacial score (nSPS) is 12.0. The van der Waals surface area contributed by atoms with Crippen molar-refractivity contribution in [2.24, 2.45) is 5.92 Å². The summed E-state index contributed by atoms with van der Waals surface area (Å²) in [5.74, 6) is -0.871. The standard InChI is InChI=1S/C17H19FN2O4S/c1-11(2)8-14(16-4-3-7-25-16)19-17(21)10-24-12-5-6-15(20(22)23)13(18)9-12/h3-7,9,11,14H,8,10H2,1-2H3,(H,19,21). The number of benzene rings is 1. The third kappa shape index (κ3) is 5.53. The zero-order valence-electron chi connectivity index (χ0n) is 13.9. The zero-order chi connectivity index (χ0) is 18.4. The van der Waals surface area contributed by atoms with Crippen LogP contribution in [0.2, 0.25) is 0 Å². The molecule has 2 rings (SSSR count). The first-order valence-electron chi connectivity index (χ1n) is 7.76. The zero-order valence-corrected chi connectivity index (χ0v) is 14.7. The molecule has 0 saturated heterocycles. The predicted octanol–water partition coefficient (Wildman–Crippen LogP) is 4.08. The second-order valence-corrected chi connectivity index (χ2v) is 6.90. The molecule has 1 atom stereocenters. The van der Waals surface area contributed by atoms with Gasteiger partial charge in [-0.2, -0.15) is 4.39 Å². The van der Waals surface area contributed by atoms with E-state index in [0.29, 0.717) is 5.92 Å². The van der Waals surface area contributed by atoms with E-state index < -0.39 is 16.4 Å². The minimum atomic E-state index is -1.00. The van der Waals surface area contributed by atoms with Crippen LogP contribution in [0.15, 0.2) is 35.7 Å². The number of nitro benzene ring substituents is 1. The van der Waals surface area contributed by atoms with E-state index in [1.165, 1.54) is 6.07 Å². The smallest absolute Gasteiger partial charge is 0.305 e. The molecule has 134 valence electrons. The maximum atomic E-state index is 13.5. The van der Waals surface area contributed by atoms with E-state index in [1.807, 2.05) is 17.5 Å². The van der Waals surface area contributed by atoms with Crippen LogP contribution in [0.5, 0.6) is 5.75 Å². The molecule has 1 N–H and O–H groups in total. The van der Waals surface area contributed by atoms with Crippen LogP contribution in [0.4, 0.5) is 10.1 Å². The molecule has 0 aliphatic heterocycles. The lowest BCUT2D eigenvalue weighted by molar-refractivity contribution is -0.387. The SMILES string of the molecule is CC(C)CC(NC(=O)COc1ccc([N+](=O)[O-])c(F)c1)c1cccs1. The number of halogens is 1. The Morgan fingerprint density at radius 2 is 2.16 bits per heavy atom. The van der Waals surface area contributed by atoms with Gasteiger partial charge < -0.3 is 10.1 Å². The fourth-order valence-electron chi connectivity index (χ4n) is 2.32. The first kappa shape index (κ1) is 18.9. The van der Waals surface area contributed by atoms with Crippen molar-refractivity contribution in [1.29, 1.82) is 0 Å². The average Bonchev–Trinajstić information content (AvgIpc) is 3.06. The predicted molar refractivity (Wildman–Crippen MR) is 93.2 cm³/mol. The van der Waals surface area contributed by atoms with E-state index in [4.69, 9.17) is 4.74 Å². The highest BCUT2D eigenvalue weighted by atomic mass is 32.1. The number of hydrogen-bond donors (Lipinski definition) is 1. The maximum Gasteiger partial charge on any atom is 0.305 e. The summed E-state index contributed by atoms with van der Waals surface area (Å²) in [6, 6.07) is 6.95. The lowest BCUT2D eigenvalue weighted by Crippen LogP contribution is -2.33. The number of nitrogens with one attached hydrogen (secondary N) is 1. The molecule has 25 heavy (non-hydrogen) atoms. The van der Waals surface area contributed by atoms with E-state index in [2.05, 4.69) is 19.2 Å². The molecule has 0 fully saturated rings. The number of carbonyl (C=O) groups excluding carboxylic acids is 1. The largest absolute Gasteiger partial charge is 0.484 e. The molecule has 0 radical (unpaired) electrons. The number of nitrogens with zero attached hydrogens (tertiary/aromatic N) is 1. The first-order valence-corrected chi connectivity index (χ1v) is 8.64. The first-order chi connectivity index (χ1) is 11.9. The summed E-state index contributed by atoms with van der Waals surface area (Å²) in [7, 11) is 0. The quantitative estimate of drug-likeness (QED) is 0.564. The third-order valence-corrected chi connectivity index (χ3v) is 4.40. The average molecular weight is 366 g/mol. The van der Waals surface area contributed by atoms with Crippen molar-refractivity contribution < 1.29 is 18.8 Å². The molecular weight excluding hydrogens is 347 g/mol. The summed E-state index contributed by atoms with van der Waals surface area (Å²) in [4.78, 5) is 23.0. The highest BCUT2D eigenvalue weighted by Gasteiger charge is 2.18. The highest BCUT2D eigenvalue weighted by Crippen LogP contribution is 2.25. The molecule has 0 bridgehead atoms. The van der Waals surface area contributed by atoms with Crippen LogP contribution in [0.3, 0.4) is 0 Å². The van der Waals surface area contributed by atoms with E-state index in [-0.39, 0.29) is 24.3 Å². The molecule has 6 nitrogen and oxygen atoms in total. The van der Waals surface area contributed by atoms with Gasteiger partial charge in [0.05, 0.1) is 11.0 Å². The van der Waals surface area contributed by atoms with Crippen molar-refractivity contribution >= 4 is 22.9 Å². The Morgan fingerprint density at radius 3 is 2.72 bits per heavy atom. The van der Waals surface area contributed by atoms with Crippen LogP contribution in [-0.2, 0) is 4.79 Å². The summed E-state index contributed by atoms with van der Waals surface area (Å²) in [5.41, 5.74) is -0.633. The van der Waals surface area contributed by atoms with Crippen LogP contribution < -0.4 is 10.1 Å². The second-order valence-electron chi connectivity index (χ2n) is 5.92. The van der Waals surface area contributed by atoms with Gasteiger partial charge in [-0.05, 0) is 29.9 Å². The number of nitro groups is 1. The number of carbonyl (C=O) groups is 1. The number of hydrogen-bond acceptors (Lipinski definition) is 5. The summed E-state index contributed by atoms with van der Waals surface area (Å²) < 4.78 is 18.8. The molecule has 0 aliphatic carbocycles. The summed E-state index contributed by atoms with van der Waals surface area (Å²) in [6.07, 6.45) is 0.790. The van der Waals surface area contributed by atoms with Crippen molar-refractivity contribution in [2.75, 3.05) is 6.61 Å². The third-order valence-electron chi connectivity index (χ3n) is 3.41. The highest BCUT2D eigenvalue weighted by molar-refractivity contribution is 7.10. The molecule has 0 saturated carbocycles. The topological polar surface area (TPSA) is 81.5 Å². The molecule has 1 aromatic carbocycles.